The molecule has 0 heteroatoms. The van der Waals surface area contributed by atoms with Gasteiger partial charge in [-0.2, -0.15) is 0 Å². The summed E-state index contributed by atoms with van der Waals surface area (Å²) in [6.07, 6.45) is 0. The van der Waals surface area contributed by atoms with Gasteiger partial charge >= 0.3 is 0 Å². The number of rotatable bonds is 0. The molecule has 0 aromatic heterocycles. The molecule has 0 aliphatic carbocycles. The van der Waals surface area contributed by atoms with Crippen LogP contribution in [0.4, 0.5) is 0 Å². The molecule has 0 nitrogen and oxygen atoms in total. The maximum Gasteiger partial charge on any atom is -0.0184 e. The monoisotopic (exact) mass is 653 g/mol. The second-order valence-corrected chi connectivity index (χ2v) is 9.66. The van der Waals surface area contributed by atoms with Gasteiger partial charge in [0.05, 0.1) is 0 Å². The minimum atomic E-state index is 1.31. The van der Waals surface area contributed by atoms with E-state index < -0.39 is 0 Å². The fraction of sp³-hybridized carbons (Fsp3) is 0.224. The van der Waals surface area contributed by atoms with Gasteiger partial charge in [0, 0.05) is 0 Å². The maximum atomic E-state index is 2.12. The van der Waals surface area contributed by atoms with Gasteiger partial charge in [0.1, 0.15) is 0 Å². The van der Waals surface area contributed by atoms with Crippen molar-refractivity contribution < 1.29 is 0 Å². The SMILES string of the molecule is CC.CC.CC.CC.Cc1ccccc1.Cc1ccccc1.Cc1ccccc1.c1ccc2ccccc2c1.c1ccc2ccccc2c1. The average molecular weight is 653 g/mol. The number of hydrogen-bond donors (Lipinski definition) is 0. The number of fused-ring (bicyclic) bond motifs is 2. The topological polar surface area (TPSA) is 0 Å². The second kappa shape index (κ2) is 34.4. The molecular weight excluding hydrogens is 589 g/mol. The summed E-state index contributed by atoms with van der Waals surface area (Å²) in [7, 11) is 0. The summed E-state index contributed by atoms with van der Waals surface area (Å²) in [5.74, 6) is 0. The highest BCUT2D eigenvalue weighted by molar-refractivity contribution is 5.82. The molecule has 0 fully saturated rings. The smallest absolute Gasteiger partial charge is 0.0184 e. The van der Waals surface area contributed by atoms with Crippen LogP contribution in [0.2, 0.25) is 0 Å². The molecular formula is C49H64. The molecule has 0 aliphatic rings. The van der Waals surface area contributed by atoms with Crippen LogP contribution in [-0.4, -0.2) is 0 Å². The van der Waals surface area contributed by atoms with E-state index in [1.807, 2.05) is 110 Å². The lowest BCUT2D eigenvalue weighted by Gasteiger charge is -1.92. The molecule has 7 rings (SSSR count). The number of aryl methyl sites for hydroxylation is 3. The molecule has 49 heavy (non-hydrogen) atoms. The molecule has 7 aromatic rings. The number of hydrogen-bond acceptors (Lipinski definition) is 0. The third-order valence-electron chi connectivity index (χ3n) is 6.14. The molecule has 0 aliphatic heterocycles. The summed E-state index contributed by atoms with van der Waals surface area (Å²) < 4.78 is 0. The molecule has 260 valence electrons. The first-order valence-corrected chi connectivity index (χ1v) is 18.0. The summed E-state index contributed by atoms with van der Waals surface area (Å²) in [6, 6.07) is 64.2. The van der Waals surface area contributed by atoms with Crippen LogP contribution in [0.5, 0.6) is 0 Å². The minimum absolute atomic E-state index is 1.31. The molecule has 0 bridgehead atoms. The van der Waals surface area contributed by atoms with Gasteiger partial charge < -0.3 is 0 Å². The van der Waals surface area contributed by atoms with Crippen LogP contribution in [0, 0.1) is 20.8 Å². The van der Waals surface area contributed by atoms with E-state index in [-0.39, 0.29) is 0 Å². The summed E-state index contributed by atoms with van der Waals surface area (Å²) in [6.45, 7) is 22.2. The number of benzene rings is 7. The first-order valence-electron chi connectivity index (χ1n) is 18.0. The van der Waals surface area contributed by atoms with Crippen molar-refractivity contribution in [2.75, 3.05) is 0 Å². The Labute approximate surface area is 301 Å². The molecule has 0 N–H and O–H groups in total. The Kier molecular flexibility index (Phi) is 32.4. The van der Waals surface area contributed by atoms with E-state index in [0.717, 1.165) is 0 Å². The first kappa shape index (κ1) is 46.2. The third kappa shape index (κ3) is 23.9. The molecule has 0 atom stereocenters. The quantitative estimate of drug-likeness (QED) is 0.153. The Morgan fingerprint density at radius 2 is 0.306 bits per heavy atom. The van der Waals surface area contributed by atoms with Crippen molar-refractivity contribution in [3.63, 3.8) is 0 Å². The summed E-state index contributed by atoms with van der Waals surface area (Å²) in [4.78, 5) is 0. The van der Waals surface area contributed by atoms with Gasteiger partial charge in [-0.1, -0.05) is 260 Å². The van der Waals surface area contributed by atoms with Crippen molar-refractivity contribution in [1.82, 2.24) is 0 Å². The lowest BCUT2D eigenvalue weighted by atomic mass is 10.1. The lowest BCUT2D eigenvalue weighted by Crippen LogP contribution is -1.67. The van der Waals surface area contributed by atoms with Crippen LogP contribution < -0.4 is 0 Å². The van der Waals surface area contributed by atoms with Gasteiger partial charge in [-0.3, -0.25) is 0 Å². The van der Waals surface area contributed by atoms with Crippen molar-refractivity contribution in [1.29, 1.82) is 0 Å². The van der Waals surface area contributed by atoms with Gasteiger partial charge in [0.2, 0.25) is 0 Å². The minimum Gasteiger partial charge on any atom is -0.0683 e. The highest BCUT2D eigenvalue weighted by atomic mass is 13.9. The predicted octanol–water partition coefficient (Wildman–Crippen LogP) is 15.8. The zero-order valence-corrected chi connectivity index (χ0v) is 32.4. The summed E-state index contributed by atoms with van der Waals surface area (Å²) in [5.41, 5.74) is 3.97. The fourth-order valence-electron chi connectivity index (χ4n) is 3.87. The van der Waals surface area contributed by atoms with E-state index in [9.17, 15) is 0 Å². The molecule has 7 aromatic carbocycles. The third-order valence-corrected chi connectivity index (χ3v) is 6.14. The zero-order chi connectivity index (χ0) is 37.0. The van der Waals surface area contributed by atoms with Crippen molar-refractivity contribution in [2.45, 2.75) is 76.2 Å². The zero-order valence-electron chi connectivity index (χ0n) is 32.4. The van der Waals surface area contributed by atoms with Gasteiger partial charge in [-0.05, 0) is 42.3 Å². The van der Waals surface area contributed by atoms with Gasteiger partial charge in [0.25, 0.3) is 0 Å². The van der Waals surface area contributed by atoms with E-state index in [4.69, 9.17) is 0 Å². The largest absolute Gasteiger partial charge is 0.0683 e. The van der Waals surface area contributed by atoms with Gasteiger partial charge in [0.15, 0.2) is 0 Å². The molecule has 0 saturated carbocycles. The van der Waals surface area contributed by atoms with Crippen molar-refractivity contribution >= 4 is 21.5 Å². The molecule has 0 heterocycles. The van der Waals surface area contributed by atoms with E-state index >= 15 is 0 Å². The van der Waals surface area contributed by atoms with Crippen LogP contribution in [0.1, 0.15) is 72.1 Å². The van der Waals surface area contributed by atoms with E-state index in [0.29, 0.717) is 0 Å². The van der Waals surface area contributed by atoms with Crippen LogP contribution in [-0.2, 0) is 0 Å². The van der Waals surface area contributed by atoms with E-state index in [1.165, 1.54) is 38.2 Å². The standard InChI is InChI=1S/2C10H8.3C7H8.4C2H6/c2*1-2-6-10-8-4-3-7-9(10)5-1;3*1-7-5-3-2-4-6-7;4*1-2/h2*1-8H;3*2-6H,1H3;4*1-2H3. The van der Waals surface area contributed by atoms with Gasteiger partial charge in [-0.15, -0.1) is 0 Å². The Hall–Kier alpha value is -4.94. The highest BCUT2D eigenvalue weighted by Gasteiger charge is 1.86. The Bertz CT molecular complexity index is 1340. The Morgan fingerprint density at radius 3 is 0.408 bits per heavy atom. The van der Waals surface area contributed by atoms with E-state index in [1.54, 1.807) is 0 Å². The van der Waals surface area contributed by atoms with Crippen molar-refractivity contribution in [3.8, 4) is 0 Å². The van der Waals surface area contributed by atoms with Crippen LogP contribution in [0.15, 0.2) is 188 Å². The van der Waals surface area contributed by atoms with Crippen molar-refractivity contribution in [2.24, 2.45) is 0 Å². The molecule has 0 spiro atoms. The van der Waals surface area contributed by atoms with Gasteiger partial charge in [-0.25, -0.2) is 0 Å². The van der Waals surface area contributed by atoms with Crippen LogP contribution in [0.25, 0.3) is 21.5 Å². The summed E-state index contributed by atoms with van der Waals surface area (Å²) >= 11 is 0. The van der Waals surface area contributed by atoms with Crippen LogP contribution in [0.3, 0.4) is 0 Å². The van der Waals surface area contributed by atoms with Crippen LogP contribution >= 0.6 is 0 Å². The molecule has 0 unspecified atom stereocenters. The Balaban J connectivity index is 0. The molecule has 0 amide bonds. The van der Waals surface area contributed by atoms with E-state index in [2.05, 4.69) is 154 Å². The second-order valence-electron chi connectivity index (χ2n) is 9.66. The molecule has 0 saturated heterocycles. The predicted molar refractivity (Wildman–Crippen MR) is 227 cm³/mol. The highest BCUT2D eigenvalue weighted by Crippen LogP contribution is 2.12. The van der Waals surface area contributed by atoms with Crippen molar-refractivity contribution in [3.05, 3.63) is 205 Å². The summed E-state index contributed by atoms with van der Waals surface area (Å²) in [5, 5.41) is 5.24. The molecule has 0 radical (unpaired) electrons. The normalized spacial score (nSPS) is 8.31. The Morgan fingerprint density at radius 1 is 0.184 bits per heavy atom. The lowest BCUT2D eigenvalue weighted by molar-refractivity contribution is 1.48. The average Bonchev–Trinajstić information content (AvgIpc) is 3.20. The first-order chi connectivity index (χ1) is 24.1. The fourth-order valence-corrected chi connectivity index (χ4v) is 3.87. The maximum absolute atomic E-state index is 2.12.